The number of nitrogens with one attached hydrogen (secondary N) is 2. The van der Waals surface area contributed by atoms with Crippen molar-refractivity contribution in [3.05, 3.63) is 28.3 Å². The van der Waals surface area contributed by atoms with Crippen molar-refractivity contribution in [2.75, 3.05) is 11.6 Å². The van der Waals surface area contributed by atoms with Gasteiger partial charge in [-0.25, -0.2) is 0 Å². The van der Waals surface area contributed by atoms with Gasteiger partial charge in [0, 0.05) is 0 Å². The second kappa shape index (κ2) is 5.68. The van der Waals surface area contributed by atoms with Crippen LogP contribution in [0.25, 0.3) is 0 Å². The number of halogens is 1. The number of rotatable bonds is 3. The number of fused-ring (bicyclic) bond motifs is 1. The van der Waals surface area contributed by atoms with Crippen molar-refractivity contribution in [1.29, 1.82) is 0 Å². The molecule has 10 heteroatoms. The van der Waals surface area contributed by atoms with Crippen LogP contribution in [0.15, 0.2) is 17.3 Å². The van der Waals surface area contributed by atoms with E-state index < -0.39 is 13.0 Å². The van der Waals surface area contributed by atoms with Crippen LogP contribution in [0.1, 0.15) is 15.9 Å². The number of nitrogens with zero attached hydrogens (tertiary/aromatic N) is 2. The first-order valence-corrected chi connectivity index (χ1v) is 7.58. The molecule has 1 aromatic heterocycles. The van der Waals surface area contributed by atoms with Gasteiger partial charge in [-0.1, -0.05) is 23.4 Å². The third kappa shape index (κ3) is 2.77. The first-order valence-electron chi connectivity index (χ1n) is 5.98. The SMILES string of the molecule is CSc1nc(NC(=O)c2cc3c(cc2Cl)COB3O)n[nH]1. The van der Waals surface area contributed by atoms with Crippen molar-refractivity contribution in [3.63, 3.8) is 0 Å². The minimum Gasteiger partial charge on any atom is -0.423 e. The summed E-state index contributed by atoms with van der Waals surface area (Å²) in [6.07, 6.45) is 1.84. The van der Waals surface area contributed by atoms with E-state index in [2.05, 4.69) is 20.5 Å². The summed E-state index contributed by atoms with van der Waals surface area (Å²) in [4.78, 5) is 16.3. The topological polar surface area (TPSA) is 100 Å². The number of hydrogen-bond acceptors (Lipinski definition) is 6. The van der Waals surface area contributed by atoms with E-state index in [9.17, 15) is 9.82 Å². The Labute approximate surface area is 129 Å². The van der Waals surface area contributed by atoms with Crippen LogP contribution < -0.4 is 10.8 Å². The normalized spacial score (nSPS) is 13.4. The van der Waals surface area contributed by atoms with Crippen LogP contribution in [0.3, 0.4) is 0 Å². The summed E-state index contributed by atoms with van der Waals surface area (Å²) in [5.41, 5.74) is 1.55. The molecule has 0 saturated heterocycles. The monoisotopic (exact) mass is 324 g/mol. The second-order valence-corrected chi connectivity index (χ2v) is 5.52. The first-order chi connectivity index (χ1) is 10.1. The van der Waals surface area contributed by atoms with Crippen molar-refractivity contribution in [3.8, 4) is 0 Å². The van der Waals surface area contributed by atoms with Crippen LogP contribution >= 0.6 is 23.4 Å². The minimum atomic E-state index is -1.03. The Hall–Kier alpha value is -1.55. The highest BCUT2D eigenvalue weighted by Gasteiger charge is 2.29. The Morgan fingerprint density at radius 2 is 2.43 bits per heavy atom. The summed E-state index contributed by atoms with van der Waals surface area (Å²) in [5, 5.41) is 19.6. The predicted octanol–water partition coefficient (Wildman–Crippen LogP) is 0.650. The quantitative estimate of drug-likeness (QED) is 0.566. The molecule has 0 unspecified atom stereocenters. The molecule has 3 rings (SSSR count). The number of thioether (sulfide) groups is 1. The van der Waals surface area contributed by atoms with E-state index in [-0.39, 0.29) is 23.1 Å². The average molecular weight is 325 g/mol. The molecule has 0 bridgehead atoms. The minimum absolute atomic E-state index is 0.165. The molecule has 0 radical (unpaired) electrons. The molecule has 21 heavy (non-hydrogen) atoms. The molecule has 0 fully saturated rings. The fourth-order valence-electron chi connectivity index (χ4n) is 1.98. The maximum absolute atomic E-state index is 12.2. The molecular formula is C11H10BClN4O3S. The summed E-state index contributed by atoms with van der Waals surface area (Å²) in [6.45, 7) is 0.274. The molecule has 2 aromatic rings. The van der Waals surface area contributed by atoms with Gasteiger partial charge in [0.1, 0.15) is 0 Å². The number of carbonyl (C=O) groups is 1. The highest BCUT2D eigenvalue weighted by Crippen LogP contribution is 2.21. The van der Waals surface area contributed by atoms with E-state index >= 15 is 0 Å². The summed E-state index contributed by atoms with van der Waals surface area (Å²) in [6, 6.07) is 3.14. The van der Waals surface area contributed by atoms with Gasteiger partial charge >= 0.3 is 7.12 Å². The summed E-state index contributed by atoms with van der Waals surface area (Å²) < 4.78 is 5.08. The van der Waals surface area contributed by atoms with Crippen LogP contribution in [0.5, 0.6) is 0 Å². The molecule has 1 amide bonds. The summed E-state index contributed by atoms with van der Waals surface area (Å²) >= 11 is 7.47. The molecule has 7 nitrogen and oxygen atoms in total. The average Bonchev–Trinajstić information content (AvgIpc) is 3.05. The Morgan fingerprint density at radius 1 is 1.62 bits per heavy atom. The predicted molar refractivity (Wildman–Crippen MR) is 80.0 cm³/mol. The third-order valence-corrected chi connectivity index (χ3v) is 3.90. The lowest BCUT2D eigenvalue weighted by atomic mass is 9.78. The van der Waals surface area contributed by atoms with E-state index in [1.54, 1.807) is 6.07 Å². The zero-order chi connectivity index (χ0) is 15.0. The van der Waals surface area contributed by atoms with Crippen LogP contribution in [0.4, 0.5) is 5.95 Å². The zero-order valence-corrected chi connectivity index (χ0v) is 12.5. The van der Waals surface area contributed by atoms with Crippen molar-refractivity contribution in [2.45, 2.75) is 11.8 Å². The van der Waals surface area contributed by atoms with Gasteiger partial charge in [0.25, 0.3) is 5.91 Å². The number of amides is 1. The van der Waals surface area contributed by atoms with Crippen molar-refractivity contribution >= 4 is 47.8 Å². The molecule has 1 aliphatic rings. The van der Waals surface area contributed by atoms with Gasteiger partial charge in [0.05, 0.1) is 17.2 Å². The van der Waals surface area contributed by atoms with Crippen molar-refractivity contribution in [2.24, 2.45) is 0 Å². The summed E-state index contributed by atoms with van der Waals surface area (Å²) in [5.74, 6) is -0.286. The molecule has 1 aliphatic heterocycles. The smallest absolute Gasteiger partial charge is 0.423 e. The van der Waals surface area contributed by atoms with Crippen LogP contribution in [-0.2, 0) is 11.3 Å². The molecule has 2 heterocycles. The number of H-pyrrole nitrogens is 1. The highest BCUT2D eigenvalue weighted by molar-refractivity contribution is 7.98. The Morgan fingerprint density at radius 3 is 3.14 bits per heavy atom. The van der Waals surface area contributed by atoms with E-state index in [1.807, 2.05) is 6.26 Å². The lowest BCUT2D eigenvalue weighted by Crippen LogP contribution is -2.29. The van der Waals surface area contributed by atoms with Gasteiger partial charge in [-0.2, -0.15) is 4.98 Å². The lowest BCUT2D eigenvalue weighted by Gasteiger charge is -2.06. The Bertz CT molecular complexity index is 711. The Balaban J connectivity index is 1.86. The number of aromatic amines is 1. The third-order valence-electron chi connectivity index (χ3n) is 3.02. The zero-order valence-electron chi connectivity index (χ0n) is 10.9. The van der Waals surface area contributed by atoms with E-state index in [0.717, 1.165) is 5.56 Å². The molecule has 3 N–H and O–H groups in total. The van der Waals surface area contributed by atoms with E-state index in [0.29, 0.717) is 10.6 Å². The largest absolute Gasteiger partial charge is 0.491 e. The maximum atomic E-state index is 12.2. The lowest BCUT2D eigenvalue weighted by molar-refractivity contribution is 0.102. The van der Waals surface area contributed by atoms with Gasteiger partial charge in [0.15, 0.2) is 5.16 Å². The van der Waals surface area contributed by atoms with Crippen LogP contribution in [0.2, 0.25) is 5.02 Å². The van der Waals surface area contributed by atoms with Gasteiger partial charge in [-0.15, -0.1) is 5.10 Å². The Kier molecular flexibility index (Phi) is 3.90. The molecular weight excluding hydrogens is 314 g/mol. The fourth-order valence-corrected chi connectivity index (χ4v) is 2.57. The van der Waals surface area contributed by atoms with Gasteiger partial charge in [-0.05, 0) is 29.4 Å². The van der Waals surface area contributed by atoms with Gasteiger partial charge in [-0.3, -0.25) is 15.2 Å². The number of anilines is 1. The number of aromatic nitrogens is 3. The standard InChI is InChI=1S/C11H10BClN4O3S/c1-21-11-15-10(16-17-11)14-9(18)6-3-7-5(2-8(6)13)4-20-12(7)19/h2-3,19H,4H2,1H3,(H2,14,15,16,17,18). The second-order valence-electron chi connectivity index (χ2n) is 4.32. The molecule has 1 aromatic carbocycles. The fraction of sp³-hybridized carbons (Fsp3) is 0.182. The first kappa shape index (κ1) is 14.4. The number of carbonyl (C=O) groups excluding carboxylic acids is 1. The van der Waals surface area contributed by atoms with Gasteiger partial charge in [0.2, 0.25) is 5.95 Å². The molecule has 0 atom stereocenters. The molecule has 108 valence electrons. The van der Waals surface area contributed by atoms with Crippen molar-refractivity contribution < 1.29 is 14.5 Å². The summed E-state index contributed by atoms with van der Waals surface area (Å²) in [7, 11) is -1.03. The number of benzene rings is 1. The van der Waals surface area contributed by atoms with Crippen molar-refractivity contribution in [1.82, 2.24) is 15.2 Å². The highest BCUT2D eigenvalue weighted by atomic mass is 35.5. The van der Waals surface area contributed by atoms with E-state index in [1.165, 1.54) is 17.8 Å². The molecule has 0 spiro atoms. The van der Waals surface area contributed by atoms with Crippen LogP contribution in [-0.4, -0.2) is 39.5 Å². The van der Waals surface area contributed by atoms with E-state index in [4.69, 9.17) is 16.3 Å². The van der Waals surface area contributed by atoms with Crippen LogP contribution in [0, 0.1) is 0 Å². The maximum Gasteiger partial charge on any atom is 0.491 e. The van der Waals surface area contributed by atoms with Gasteiger partial charge < -0.3 is 9.68 Å². The molecule has 0 saturated carbocycles. The number of hydrogen-bond donors (Lipinski definition) is 3. The molecule has 0 aliphatic carbocycles.